The molecule has 1 fully saturated rings. The maximum Gasteiger partial charge on any atom is 0.0713 e. The molecule has 1 aliphatic carbocycles. The molecule has 0 bridgehead atoms. The Balaban J connectivity index is 1.94. The molecule has 0 amide bonds. The summed E-state index contributed by atoms with van der Waals surface area (Å²) in [5.74, 6) is 0. The lowest BCUT2D eigenvalue weighted by atomic mass is 9.63. The molecule has 1 aromatic rings. The third-order valence-electron chi connectivity index (χ3n) is 4.45. The molecule has 0 aromatic heterocycles. The van der Waals surface area contributed by atoms with E-state index in [-0.39, 0.29) is 0 Å². The van der Waals surface area contributed by atoms with E-state index in [1.807, 2.05) is 0 Å². The molecule has 0 radical (unpaired) electrons. The van der Waals surface area contributed by atoms with Gasteiger partial charge in [-0.1, -0.05) is 52.0 Å². The lowest BCUT2D eigenvalue weighted by Gasteiger charge is -2.45. The number of nitrogens with one attached hydrogen (secondary N) is 1. The first-order valence-corrected chi connectivity index (χ1v) is 8.10. The predicted molar refractivity (Wildman–Crippen MR) is 89.2 cm³/mol. The molecule has 0 saturated heterocycles. The monoisotopic (exact) mass is 289 g/mol. The van der Waals surface area contributed by atoms with E-state index in [1.54, 1.807) is 7.11 Å². The summed E-state index contributed by atoms with van der Waals surface area (Å²) >= 11 is 0. The molecule has 0 aliphatic heterocycles. The zero-order chi connectivity index (χ0) is 15.5. The number of methoxy groups -OCH3 is 1. The Labute approximate surface area is 130 Å². The topological polar surface area (TPSA) is 21.3 Å². The van der Waals surface area contributed by atoms with Crippen molar-refractivity contribution in [3.8, 4) is 0 Å². The standard InChI is InChI=1S/C19H31NO/c1-18(2)10-17(11-19(3,4)14-18)20-12-15-7-6-8-16(9-15)13-21-5/h6-9,17,20H,10-14H2,1-5H3. The fourth-order valence-corrected chi connectivity index (χ4v) is 4.25. The van der Waals surface area contributed by atoms with Gasteiger partial charge in [0, 0.05) is 19.7 Å². The molecule has 21 heavy (non-hydrogen) atoms. The Morgan fingerprint density at radius 1 is 1.10 bits per heavy atom. The minimum Gasteiger partial charge on any atom is -0.380 e. The number of benzene rings is 1. The van der Waals surface area contributed by atoms with Gasteiger partial charge in [0.2, 0.25) is 0 Å². The molecule has 2 heteroatoms. The van der Waals surface area contributed by atoms with Crippen molar-refractivity contribution in [3.63, 3.8) is 0 Å². The molecule has 1 saturated carbocycles. The van der Waals surface area contributed by atoms with Gasteiger partial charge in [-0.2, -0.15) is 0 Å². The second-order valence-electron chi connectivity index (χ2n) is 8.24. The molecule has 1 aliphatic rings. The minimum absolute atomic E-state index is 0.442. The Morgan fingerprint density at radius 2 is 1.71 bits per heavy atom. The SMILES string of the molecule is COCc1cccc(CNC2CC(C)(C)CC(C)(C)C2)c1. The first-order chi connectivity index (χ1) is 9.80. The van der Waals surface area contributed by atoms with Gasteiger partial charge in [-0.3, -0.25) is 0 Å². The van der Waals surface area contributed by atoms with Gasteiger partial charge < -0.3 is 10.1 Å². The molecule has 118 valence electrons. The summed E-state index contributed by atoms with van der Waals surface area (Å²) in [6.45, 7) is 11.3. The largest absolute Gasteiger partial charge is 0.380 e. The van der Waals surface area contributed by atoms with Crippen molar-refractivity contribution in [2.45, 2.75) is 66.2 Å². The van der Waals surface area contributed by atoms with Gasteiger partial charge in [0.15, 0.2) is 0 Å². The molecule has 0 unspecified atom stereocenters. The van der Waals surface area contributed by atoms with Crippen LogP contribution in [0.25, 0.3) is 0 Å². The summed E-state index contributed by atoms with van der Waals surface area (Å²) in [5.41, 5.74) is 3.49. The zero-order valence-electron chi connectivity index (χ0n) is 14.3. The molecular formula is C19H31NO. The van der Waals surface area contributed by atoms with E-state index in [0.717, 1.165) is 6.54 Å². The summed E-state index contributed by atoms with van der Waals surface area (Å²) in [4.78, 5) is 0. The van der Waals surface area contributed by atoms with Crippen molar-refractivity contribution in [3.05, 3.63) is 35.4 Å². The van der Waals surface area contributed by atoms with E-state index >= 15 is 0 Å². The van der Waals surface area contributed by atoms with Crippen molar-refractivity contribution in [2.75, 3.05) is 7.11 Å². The molecule has 0 heterocycles. The highest BCUT2D eigenvalue weighted by molar-refractivity contribution is 5.23. The van der Waals surface area contributed by atoms with Crippen LogP contribution in [0.4, 0.5) is 0 Å². The van der Waals surface area contributed by atoms with Crippen molar-refractivity contribution < 1.29 is 4.74 Å². The highest BCUT2D eigenvalue weighted by Gasteiger charge is 2.38. The second-order valence-corrected chi connectivity index (χ2v) is 8.24. The summed E-state index contributed by atoms with van der Waals surface area (Å²) in [6, 6.07) is 9.32. The fourth-order valence-electron chi connectivity index (χ4n) is 4.25. The predicted octanol–water partition coefficient (Wildman–Crippen LogP) is 4.53. The average Bonchev–Trinajstić information content (AvgIpc) is 2.34. The lowest BCUT2D eigenvalue weighted by Crippen LogP contribution is -2.43. The number of ether oxygens (including phenoxy) is 1. The third kappa shape index (κ3) is 5.12. The number of hydrogen-bond donors (Lipinski definition) is 1. The Hall–Kier alpha value is -0.860. The van der Waals surface area contributed by atoms with Gasteiger partial charge in [-0.15, -0.1) is 0 Å². The van der Waals surface area contributed by atoms with Crippen LogP contribution in [-0.4, -0.2) is 13.2 Å². The van der Waals surface area contributed by atoms with Gasteiger partial charge in [0.05, 0.1) is 6.61 Å². The summed E-state index contributed by atoms with van der Waals surface area (Å²) in [7, 11) is 1.75. The Kier molecular flexibility index (Phi) is 5.11. The maximum atomic E-state index is 5.21. The van der Waals surface area contributed by atoms with Crippen LogP contribution in [0.1, 0.15) is 58.1 Å². The second kappa shape index (κ2) is 6.50. The van der Waals surface area contributed by atoms with Crippen LogP contribution in [0.15, 0.2) is 24.3 Å². The molecule has 0 atom stereocenters. The molecule has 2 rings (SSSR count). The van der Waals surface area contributed by atoms with E-state index in [9.17, 15) is 0 Å². The molecule has 2 nitrogen and oxygen atoms in total. The first kappa shape index (κ1) is 16.5. The van der Waals surface area contributed by atoms with Crippen molar-refractivity contribution in [1.82, 2.24) is 5.32 Å². The first-order valence-electron chi connectivity index (χ1n) is 8.10. The van der Waals surface area contributed by atoms with Crippen LogP contribution >= 0.6 is 0 Å². The lowest BCUT2D eigenvalue weighted by molar-refractivity contribution is 0.0845. The zero-order valence-corrected chi connectivity index (χ0v) is 14.3. The van der Waals surface area contributed by atoms with Gasteiger partial charge >= 0.3 is 0 Å². The highest BCUT2D eigenvalue weighted by atomic mass is 16.5. The van der Waals surface area contributed by atoms with Crippen molar-refractivity contribution in [2.24, 2.45) is 10.8 Å². The van der Waals surface area contributed by atoms with Gasteiger partial charge in [-0.25, -0.2) is 0 Å². The smallest absolute Gasteiger partial charge is 0.0713 e. The van der Waals surface area contributed by atoms with Crippen molar-refractivity contribution >= 4 is 0 Å². The van der Waals surface area contributed by atoms with E-state index in [1.165, 1.54) is 30.4 Å². The Morgan fingerprint density at radius 3 is 2.33 bits per heavy atom. The van der Waals surface area contributed by atoms with Crippen LogP contribution in [-0.2, 0) is 17.9 Å². The summed E-state index contributed by atoms with van der Waals surface area (Å²) < 4.78 is 5.21. The van der Waals surface area contributed by atoms with Crippen LogP contribution in [0, 0.1) is 10.8 Å². The van der Waals surface area contributed by atoms with Crippen LogP contribution in [0.5, 0.6) is 0 Å². The van der Waals surface area contributed by atoms with E-state index in [0.29, 0.717) is 23.5 Å². The van der Waals surface area contributed by atoms with Crippen LogP contribution in [0.2, 0.25) is 0 Å². The number of rotatable bonds is 5. The fraction of sp³-hybridized carbons (Fsp3) is 0.684. The van der Waals surface area contributed by atoms with E-state index < -0.39 is 0 Å². The number of hydrogen-bond acceptors (Lipinski definition) is 2. The normalized spacial score (nSPS) is 21.4. The van der Waals surface area contributed by atoms with Gasteiger partial charge in [-0.05, 0) is 41.2 Å². The third-order valence-corrected chi connectivity index (χ3v) is 4.45. The Bertz CT molecular complexity index is 448. The van der Waals surface area contributed by atoms with Gasteiger partial charge in [0.25, 0.3) is 0 Å². The quantitative estimate of drug-likeness (QED) is 0.860. The van der Waals surface area contributed by atoms with Gasteiger partial charge in [0.1, 0.15) is 0 Å². The van der Waals surface area contributed by atoms with E-state index in [4.69, 9.17) is 4.74 Å². The molecule has 1 aromatic carbocycles. The van der Waals surface area contributed by atoms with E-state index in [2.05, 4.69) is 57.3 Å². The summed E-state index contributed by atoms with van der Waals surface area (Å²) in [5, 5.41) is 3.78. The van der Waals surface area contributed by atoms with Crippen LogP contribution < -0.4 is 5.32 Å². The summed E-state index contributed by atoms with van der Waals surface area (Å²) in [6.07, 6.45) is 3.86. The molecule has 1 N–H and O–H groups in total. The average molecular weight is 289 g/mol. The van der Waals surface area contributed by atoms with Crippen molar-refractivity contribution in [1.29, 1.82) is 0 Å². The van der Waals surface area contributed by atoms with Crippen LogP contribution in [0.3, 0.4) is 0 Å². The molecular weight excluding hydrogens is 258 g/mol. The maximum absolute atomic E-state index is 5.21. The highest BCUT2D eigenvalue weighted by Crippen LogP contribution is 2.45. The molecule has 0 spiro atoms. The minimum atomic E-state index is 0.442.